The molecule has 0 unspecified atom stereocenters. The molecule has 0 atom stereocenters. The number of nitrogens with one attached hydrogen (secondary N) is 1. The van der Waals surface area contributed by atoms with E-state index in [4.69, 9.17) is 0 Å². The Morgan fingerprint density at radius 3 is 1.78 bits per heavy atom. The number of rotatable bonds is 10. The van der Waals surface area contributed by atoms with Gasteiger partial charge in [0.15, 0.2) is 5.78 Å². The molecule has 46 heavy (non-hydrogen) atoms. The Morgan fingerprint density at radius 2 is 1.20 bits per heavy atom. The van der Waals surface area contributed by atoms with E-state index in [1.54, 1.807) is 0 Å². The maximum absolute atomic E-state index is 13.4. The largest absolute Gasteiger partial charge is 0.320 e. The number of carbonyl (C=O) groups excluding carboxylic acids is 2. The molecule has 2 saturated heterocycles. The Kier molecular flexibility index (Phi) is 9.71. The van der Waals surface area contributed by atoms with Crippen molar-refractivity contribution in [2.45, 2.75) is 72.9 Å². The van der Waals surface area contributed by atoms with E-state index >= 15 is 0 Å². The van der Waals surface area contributed by atoms with E-state index in [2.05, 4.69) is 58.0 Å². The minimum absolute atomic E-state index is 0.0167. The number of Topliss-reactive ketones (excluding diaryl/α,β-unsaturated/α-hetero) is 1. The van der Waals surface area contributed by atoms with Crippen molar-refractivity contribution in [1.82, 2.24) is 19.8 Å². The van der Waals surface area contributed by atoms with Crippen LogP contribution in [0.15, 0.2) is 60.9 Å². The van der Waals surface area contributed by atoms with Crippen molar-refractivity contribution < 1.29 is 9.59 Å². The molecular weight excluding hydrogens is 570 g/mol. The molecule has 238 valence electrons. The lowest BCUT2D eigenvalue weighted by molar-refractivity contribution is 0.0986. The summed E-state index contributed by atoms with van der Waals surface area (Å²) in [4.78, 5) is 40.7. The number of ketones is 1. The Labute approximate surface area is 273 Å². The fraction of sp³-hybridized carbons (Fsp3) is 0.385. The first-order valence-corrected chi connectivity index (χ1v) is 16.7. The van der Waals surface area contributed by atoms with Gasteiger partial charge in [0.1, 0.15) is 11.4 Å². The number of hydrogen-bond acceptors (Lipinski definition) is 6. The summed E-state index contributed by atoms with van der Waals surface area (Å²) in [7, 11) is 0. The van der Waals surface area contributed by atoms with Crippen LogP contribution in [0.4, 0.5) is 5.69 Å². The van der Waals surface area contributed by atoms with Crippen LogP contribution in [0.5, 0.6) is 0 Å². The highest BCUT2D eigenvalue weighted by Crippen LogP contribution is 2.33. The van der Waals surface area contributed by atoms with Gasteiger partial charge >= 0.3 is 0 Å². The minimum atomic E-state index is -0.221. The molecule has 4 aromatic rings. The highest BCUT2D eigenvalue weighted by molar-refractivity contribution is 6.04. The molecule has 4 heterocycles. The van der Waals surface area contributed by atoms with Crippen LogP contribution < -0.4 is 5.32 Å². The highest BCUT2D eigenvalue weighted by atomic mass is 16.2. The molecule has 2 aromatic heterocycles. The van der Waals surface area contributed by atoms with E-state index in [1.165, 1.54) is 36.8 Å². The maximum Gasteiger partial charge on any atom is 0.274 e. The van der Waals surface area contributed by atoms with Gasteiger partial charge < -0.3 is 5.32 Å². The fourth-order valence-electron chi connectivity index (χ4n) is 6.82. The lowest BCUT2D eigenvalue weighted by atomic mass is 9.91. The molecule has 7 heteroatoms. The van der Waals surface area contributed by atoms with Crippen LogP contribution in [0.2, 0.25) is 0 Å². The van der Waals surface area contributed by atoms with Gasteiger partial charge in [0, 0.05) is 37.6 Å². The second-order valence-electron chi connectivity index (χ2n) is 13.1. The summed E-state index contributed by atoms with van der Waals surface area (Å²) in [6.45, 7) is 14.5. The van der Waals surface area contributed by atoms with Gasteiger partial charge in [-0.05, 0) is 148 Å². The van der Waals surface area contributed by atoms with E-state index < -0.39 is 0 Å². The van der Waals surface area contributed by atoms with E-state index in [-0.39, 0.29) is 18.1 Å². The van der Waals surface area contributed by atoms with Gasteiger partial charge in [0.25, 0.3) is 5.91 Å². The Bertz CT molecular complexity index is 1620. The zero-order valence-corrected chi connectivity index (χ0v) is 27.7. The van der Waals surface area contributed by atoms with Crippen LogP contribution in [-0.2, 0) is 19.5 Å². The molecule has 0 saturated carbocycles. The molecule has 2 fully saturated rings. The molecule has 0 spiro atoms. The molecule has 1 N–H and O–H groups in total. The average Bonchev–Trinajstić information content (AvgIpc) is 3.76. The summed E-state index contributed by atoms with van der Waals surface area (Å²) in [5.41, 5.74) is 11.3. The Balaban J connectivity index is 1.16. The summed E-state index contributed by atoms with van der Waals surface area (Å²) in [5.74, 6) is -0.204. The molecule has 2 aromatic carbocycles. The van der Waals surface area contributed by atoms with Gasteiger partial charge in [-0.25, -0.2) is 0 Å². The molecule has 7 nitrogen and oxygen atoms in total. The lowest BCUT2D eigenvalue weighted by Gasteiger charge is -2.18. The third kappa shape index (κ3) is 7.11. The number of benzene rings is 2. The first-order chi connectivity index (χ1) is 22.3. The number of anilines is 1. The summed E-state index contributed by atoms with van der Waals surface area (Å²) in [6.07, 6.45) is 9.02. The smallest absolute Gasteiger partial charge is 0.274 e. The van der Waals surface area contributed by atoms with Gasteiger partial charge in [-0.1, -0.05) is 30.3 Å². The Morgan fingerprint density at radius 1 is 0.674 bits per heavy atom. The second-order valence-corrected chi connectivity index (χ2v) is 13.1. The van der Waals surface area contributed by atoms with E-state index in [0.29, 0.717) is 11.4 Å². The first kappa shape index (κ1) is 31.8. The number of aryl methyl sites for hydroxylation is 2. The SMILES string of the molecule is Cc1cc(C(=O)Cc2cccc(-c3cccc(NC(=O)c4cc(C)c(CN5CCCC5)cn4)c3C)c2C)ncc1CN1CCCC1. The predicted molar refractivity (Wildman–Crippen MR) is 184 cm³/mol. The maximum atomic E-state index is 13.4. The topological polar surface area (TPSA) is 78.4 Å². The van der Waals surface area contributed by atoms with Gasteiger partial charge in [0.2, 0.25) is 0 Å². The van der Waals surface area contributed by atoms with E-state index in [1.807, 2.05) is 55.7 Å². The van der Waals surface area contributed by atoms with Gasteiger partial charge in [0.05, 0.1) is 0 Å². The second kappa shape index (κ2) is 14.1. The van der Waals surface area contributed by atoms with Crippen molar-refractivity contribution in [3.8, 4) is 11.1 Å². The van der Waals surface area contributed by atoms with Crippen LogP contribution in [0.25, 0.3) is 11.1 Å². The quantitative estimate of drug-likeness (QED) is 0.190. The van der Waals surface area contributed by atoms with Crippen molar-refractivity contribution in [3.05, 3.63) is 111 Å². The molecule has 0 bridgehead atoms. The van der Waals surface area contributed by atoms with E-state index in [9.17, 15) is 9.59 Å². The number of pyridine rings is 2. The summed E-state index contributed by atoms with van der Waals surface area (Å²) in [5, 5.41) is 3.10. The van der Waals surface area contributed by atoms with Crippen molar-refractivity contribution in [3.63, 3.8) is 0 Å². The van der Waals surface area contributed by atoms with E-state index in [0.717, 1.165) is 83.9 Å². The Hall–Kier alpha value is -4.20. The van der Waals surface area contributed by atoms with Crippen LogP contribution in [0.3, 0.4) is 0 Å². The predicted octanol–water partition coefficient (Wildman–Crippen LogP) is 7.25. The summed E-state index contributed by atoms with van der Waals surface area (Å²) in [6, 6.07) is 15.9. The van der Waals surface area contributed by atoms with Crippen molar-refractivity contribution in [2.75, 3.05) is 31.5 Å². The van der Waals surface area contributed by atoms with Crippen molar-refractivity contribution >= 4 is 17.4 Å². The first-order valence-electron chi connectivity index (χ1n) is 16.7. The standard InChI is InChI=1S/C39H45N5O2/c1-26-19-36(40-22-31(26)24-43-15-5-6-16-43)38(45)21-30-11-9-12-33(28(30)3)34-13-10-14-35(29(34)4)42-39(46)37-20-27(2)32(23-41-37)25-44-17-7-8-18-44/h9-14,19-20,22-23H,5-8,15-18,21,24-25H2,1-4H3,(H,42,46). The highest BCUT2D eigenvalue weighted by Gasteiger charge is 2.19. The zero-order chi connectivity index (χ0) is 32.2. The van der Waals surface area contributed by atoms with Gasteiger partial charge in [-0.2, -0.15) is 0 Å². The summed E-state index contributed by atoms with van der Waals surface area (Å²) >= 11 is 0. The van der Waals surface area contributed by atoms with Crippen LogP contribution in [-0.4, -0.2) is 57.6 Å². The van der Waals surface area contributed by atoms with Crippen LogP contribution in [0.1, 0.15) is 85.6 Å². The average molecular weight is 616 g/mol. The zero-order valence-electron chi connectivity index (χ0n) is 27.7. The third-order valence-electron chi connectivity index (χ3n) is 9.81. The number of carbonyl (C=O) groups is 2. The molecule has 2 aliphatic heterocycles. The number of likely N-dealkylation sites (tertiary alicyclic amines) is 2. The molecule has 1 amide bonds. The summed E-state index contributed by atoms with van der Waals surface area (Å²) < 4.78 is 0. The molecule has 6 rings (SSSR count). The monoisotopic (exact) mass is 615 g/mol. The van der Waals surface area contributed by atoms with Gasteiger partial charge in [-0.3, -0.25) is 29.4 Å². The number of nitrogens with zero attached hydrogens (tertiary/aromatic N) is 4. The normalized spacial score (nSPS) is 15.4. The van der Waals surface area contributed by atoms with Crippen molar-refractivity contribution in [1.29, 1.82) is 0 Å². The molecule has 0 radical (unpaired) electrons. The molecule has 2 aliphatic rings. The van der Waals surface area contributed by atoms with Gasteiger partial charge in [-0.15, -0.1) is 0 Å². The molecular formula is C39H45N5O2. The lowest BCUT2D eigenvalue weighted by Crippen LogP contribution is -2.20. The fourth-order valence-corrected chi connectivity index (χ4v) is 6.82. The number of amides is 1. The molecule has 0 aliphatic carbocycles. The van der Waals surface area contributed by atoms with Crippen LogP contribution >= 0.6 is 0 Å². The third-order valence-corrected chi connectivity index (χ3v) is 9.81. The van der Waals surface area contributed by atoms with Crippen LogP contribution in [0, 0.1) is 27.7 Å². The van der Waals surface area contributed by atoms with Crippen molar-refractivity contribution in [2.24, 2.45) is 0 Å². The number of aromatic nitrogens is 2. The number of hydrogen-bond donors (Lipinski definition) is 1. The minimum Gasteiger partial charge on any atom is -0.320 e.